The Morgan fingerprint density at radius 1 is 1.09 bits per heavy atom. The molecule has 0 bridgehead atoms. The van der Waals surface area contributed by atoms with Gasteiger partial charge >= 0.3 is 0 Å². The number of amides is 1. The second-order valence-corrected chi connectivity index (χ2v) is 9.53. The van der Waals surface area contributed by atoms with E-state index in [1.54, 1.807) is 6.20 Å². The molecule has 0 aliphatic carbocycles. The lowest BCUT2D eigenvalue weighted by molar-refractivity contribution is -0.150. The second kappa shape index (κ2) is 9.49. The molecule has 5 heteroatoms. The summed E-state index contributed by atoms with van der Waals surface area (Å²) in [6, 6.07) is 15.8. The standard InChI is InChI=1S/C29H34N2O3/c1-19-20(2)27-24(21(3)26(19)32)14-16-29(5,34-27)28(33)31(18-15-23-11-7-6-8-12-23)22(4)25-13-9-10-17-30-25/h6-13,17,22,32H,14-16,18H2,1-5H3. The van der Waals surface area contributed by atoms with E-state index in [1.807, 2.05) is 75.9 Å². The predicted molar refractivity (Wildman–Crippen MR) is 134 cm³/mol. The molecule has 1 aliphatic heterocycles. The van der Waals surface area contributed by atoms with Crippen molar-refractivity contribution >= 4 is 5.91 Å². The van der Waals surface area contributed by atoms with E-state index in [0.29, 0.717) is 25.1 Å². The molecule has 0 saturated carbocycles. The van der Waals surface area contributed by atoms with Crippen molar-refractivity contribution in [1.29, 1.82) is 0 Å². The number of ether oxygens (including phenoxy) is 1. The monoisotopic (exact) mass is 458 g/mol. The van der Waals surface area contributed by atoms with Gasteiger partial charge < -0.3 is 14.7 Å². The van der Waals surface area contributed by atoms with Crippen LogP contribution in [0.1, 0.15) is 59.8 Å². The van der Waals surface area contributed by atoms with E-state index in [0.717, 1.165) is 40.1 Å². The summed E-state index contributed by atoms with van der Waals surface area (Å²) in [7, 11) is 0. The third kappa shape index (κ3) is 4.39. The highest BCUT2D eigenvalue weighted by Gasteiger charge is 2.44. The molecule has 0 fully saturated rings. The Bertz CT molecular complexity index is 1180. The van der Waals surface area contributed by atoms with Crippen LogP contribution in [0.3, 0.4) is 0 Å². The summed E-state index contributed by atoms with van der Waals surface area (Å²) in [5.41, 5.74) is 4.59. The fraction of sp³-hybridized carbons (Fsp3) is 0.379. The quantitative estimate of drug-likeness (QED) is 0.520. The van der Waals surface area contributed by atoms with Crippen molar-refractivity contribution in [2.24, 2.45) is 0 Å². The van der Waals surface area contributed by atoms with Crippen LogP contribution < -0.4 is 4.74 Å². The summed E-state index contributed by atoms with van der Waals surface area (Å²) in [6.07, 6.45) is 3.75. The van der Waals surface area contributed by atoms with Crippen LogP contribution in [-0.4, -0.2) is 33.0 Å². The van der Waals surface area contributed by atoms with Crippen LogP contribution in [0.25, 0.3) is 0 Å². The van der Waals surface area contributed by atoms with Crippen LogP contribution in [0, 0.1) is 20.8 Å². The lowest BCUT2D eigenvalue weighted by Crippen LogP contribution is -2.53. The van der Waals surface area contributed by atoms with Gasteiger partial charge in [-0.2, -0.15) is 0 Å². The van der Waals surface area contributed by atoms with Gasteiger partial charge in [0.1, 0.15) is 11.5 Å². The minimum absolute atomic E-state index is 0.0324. The summed E-state index contributed by atoms with van der Waals surface area (Å²) < 4.78 is 6.52. The first-order valence-electron chi connectivity index (χ1n) is 12.0. The Kier molecular flexibility index (Phi) is 6.65. The molecule has 2 heterocycles. The predicted octanol–water partition coefficient (Wildman–Crippen LogP) is 5.63. The number of aromatic hydroxyl groups is 1. The van der Waals surface area contributed by atoms with Gasteiger partial charge in [0.15, 0.2) is 5.60 Å². The number of rotatable bonds is 6. The van der Waals surface area contributed by atoms with Crippen molar-refractivity contribution < 1.29 is 14.6 Å². The highest BCUT2D eigenvalue weighted by molar-refractivity contribution is 5.86. The fourth-order valence-corrected chi connectivity index (χ4v) is 4.85. The van der Waals surface area contributed by atoms with Gasteiger partial charge in [-0.15, -0.1) is 0 Å². The number of phenolic OH excluding ortho intramolecular Hbond substituents is 1. The molecule has 2 unspecified atom stereocenters. The molecule has 4 rings (SSSR count). The first-order chi connectivity index (χ1) is 16.2. The molecule has 0 spiro atoms. The Morgan fingerprint density at radius 3 is 2.47 bits per heavy atom. The number of benzene rings is 2. The van der Waals surface area contributed by atoms with Crippen molar-refractivity contribution in [3.63, 3.8) is 0 Å². The van der Waals surface area contributed by atoms with E-state index >= 15 is 0 Å². The molecular formula is C29H34N2O3. The van der Waals surface area contributed by atoms with Crippen LogP contribution in [0.4, 0.5) is 0 Å². The zero-order valence-corrected chi connectivity index (χ0v) is 20.8. The lowest BCUT2D eigenvalue weighted by atomic mass is 9.86. The van der Waals surface area contributed by atoms with Crippen molar-refractivity contribution in [1.82, 2.24) is 9.88 Å². The number of hydrogen-bond donors (Lipinski definition) is 1. The van der Waals surface area contributed by atoms with Crippen molar-refractivity contribution in [2.45, 2.75) is 65.5 Å². The van der Waals surface area contributed by atoms with Gasteiger partial charge in [0.25, 0.3) is 5.91 Å². The average Bonchev–Trinajstić information content (AvgIpc) is 2.87. The number of phenols is 1. The molecule has 2 aromatic carbocycles. The minimum atomic E-state index is -0.993. The lowest BCUT2D eigenvalue weighted by Gasteiger charge is -2.41. The van der Waals surface area contributed by atoms with Crippen molar-refractivity contribution in [3.8, 4) is 11.5 Å². The van der Waals surface area contributed by atoms with Crippen molar-refractivity contribution in [2.75, 3.05) is 6.54 Å². The normalized spacial score (nSPS) is 18.0. The highest BCUT2D eigenvalue weighted by Crippen LogP contribution is 2.44. The molecule has 178 valence electrons. The largest absolute Gasteiger partial charge is 0.507 e. The maximum absolute atomic E-state index is 14.1. The topological polar surface area (TPSA) is 62.7 Å². The number of hydrogen-bond acceptors (Lipinski definition) is 4. The van der Waals surface area contributed by atoms with Gasteiger partial charge in [0.05, 0.1) is 11.7 Å². The maximum Gasteiger partial charge on any atom is 0.267 e. The molecule has 1 N–H and O–H groups in total. The number of pyridine rings is 1. The van der Waals surface area contributed by atoms with Crippen LogP contribution in [0.15, 0.2) is 54.7 Å². The first kappa shape index (κ1) is 23.8. The Labute approximate surface area is 202 Å². The van der Waals surface area contributed by atoms with E-state index in [1.165, 1.54) is 5.56 Å². The van der Waals surface area contributed by atoms with Gasteiger partial charge in [-0.3, -0.25) is 9.78 Å². The molecule has 0 radical (unpaired) electrons. The zero-order valence-electron chi connectivity index (χ0n) is 20.8. The molecule has 1 aliphatic rings. The van der Waals surface area contributed by atoms with Crippen LogP contribution in [-0.2, 0) is 17.6 Å². The van der Waals surface area contributed by atoms with Gasteiger partial charge in [-0.05, 0) is 81.8 Å². The number of carbonyl (C=O) groups is 1. The Balaban J connectivity index is 1.67. The zero-order chi connectivity index (χ0) is 24.5. The number of fused-ring (bicyclic) bond motifs is 1. The third-order valence-corrected chi connectivity index (χ3v) is 7.30. The summed E-state index contributed by atoms with van der Waals surface area (Å²) in [6.45, 7) is 10.3. The molecule has 3 aromatic rings. The molecular weight excluding hydrogens is 424 g/mol. The Morgan fingerprint density at radius 2 is 1.79 bits per heavy atom. The molecule has 1 aromatic heterocycles. The molecule has 1 amide bonds. The Hall–Kier alpha value is -3.34. The van der Waals surface area contributed by atoms with E-state index in [4.69, 9.17) is 4.74 Å². The number of aromatic nitrogens is 1. The SMILES string of the molecule is Cc1c(C)c2c(c(C)c1O)CCC(C)(C(=O)N(CCc1ccccc1)C(C)c1ccccn1)O2. The number of carbonyl (C=O) groups excluding carboxylic acids is 1. The van der Waals surface area contributed by atoms with Gasteiger partial charge in [-0.1, -0.05) is 36.4 Å². The number of nitrogens with zero attached hydrogens (tertiary/aromatic N) is 2. The summed E-state index contributed by atoms with van der Waals surface area (Å²) in [4.78, 5) is 20.6. The van der Waals surface area contributed by atoms with Gasteiger partial charge in [0, 0.05) is 24.7 Å². The van der Waals surface area contributed by atoms with E-state index in [2.05, 4.69) is 17.1 Å². The molecule has 2 atom stereocenters. The third-order valence-electron chi connectivity index (χ3n) is 7.30. The molecule has 0 saturated heterocycles. The van der Waals surface area contributed by atoms with Crippen LogP contribution in [0.5, 0.6) is 11.5 Å². The smallest absolute Gasteiger partial charge is 0.267 e. The summed E-state index contributed by atoms with van der Waals surface area (Å²) in [5.74, 6) is 1.03. The summed E-state index contributed by atoms with van der Waals surface area (Å²) in [5, 5.41) is 10.5. The van der Waals surface area contributed by atoms with Crippen molar-refractivity contribution in [3.05, 3.63) is 88.2 Å². The van der Waals surface area contributed by atoms with Gasteiger partial charge in [0.2, 0.25) is 0 Å². The van der Waals surface area contributed by atoms with E-state index in [9.17, 15) is 9.90 Å². The molecule has 5 nitrogen and oxygen atoms in total. The highest BCUT2D eigenvalue weighted by atomic mass is 16.5. The van der Waals surface area contributed by atoms with Crippen LogP contribution in [0.2, 0.25) is 0 Å². The summed E-state index contributed by atoms with van der Waals surface area (Å²) >= 11 is 0. The van der Waals surface area contributed by atoms with Gasteiger partial charge in [-0.25, -0.2) is 0 Å². The maximum atomic E-state index is 14.1. The first-order valence-corrected chi connectivity index (χ1v) is 12.0. The van der Waals surface area contributed by atoms with E-state index in [-0.39, 0.29) is 11.9 Å². The second-order valence-electron chi connectivity index (χ2n) is 9.53. The fourth-order valence-electron chi connectivity index (χ4n) is 4.85. The average molecular weight is 459 g/mol. The molecule has 34 heavy (non-hydrogen) atoms. The van der Waals surface area contributed by atoms with Crippen LogP contribution >= 0.6 is 0 Å². The van der Waals surface area contributed by atoms with E-state index < -0.39 is 5.60 Å². The minimum Gasteiger partial charge on any atom is -0.507 e.